The molecule has 0 aromatic carbocycles. The number of carboxylic acid groups (broad SMARTS) is 1. The molecule has 0 aliphatic rings. The van der Waals surface area contributed by atoms with Gasteiger partial charge in [0.1, 0.15) is 11.9 Å². The van der Waals surface area contributed by atoms with Crippen molar-refractivity contribution in [3.63, 3.8) is 0 Å². The maximum absolute atomic E-state index is 12.1. The van der Waals surface area contributed by atoms with Crippen LogP contribution in [-0.4, -0.2) is 28.2 Å². The molecule has 112 valence electrons. The predicted molar refractivity (Wildman–Crippen MR) is 74.8 cm³/mol. The van der Waals surface area contributed by atoms with E-state index in [1.165, 1.54) is 0 Å². The molecule has 1 unspecified atom stereocenters. The maximum Gasteiger partial charge on any atom is 0.303 e. The minimum atomic E-state index is -0.933. The molecule has 1 heterocycles. The number of aromatic amines is 1. The van der Waals surface area contributed by atoms with Gasteiger partial charge < -0.3 is 14.8 Å². The van der Waals surface area contributed by atoms with Crippen LogP contribution in [0.5, 0.6) is 0 Å². The third kappa shape index (κ3) is 3.90. The van der Waals surface area contributed by atoms with Gasteiger partial charge in [-0.3, -0.25) is 9.59 Å². The summed E-state index contributed by atoms with van der Waals surface area (Å²) in [5.41, 5.74) is 0.468. The normalized spacial score (nSPS) is 13.2. The van der Waals surface area contributed by atoms with Gasteiger partial charge in [0, 0.05) is 24.8 Å². The molecule has 0 bridgehead atoms. The molecule has 1 atom stereocenters. The first kappa shape index (κ1) is 16.4. The van der Waals surface area contributed by atoms with Crippen LogP contribution in [0.25, 0.3) is 0 Å². The maximum atomic E-state index is 12.1. The predicted octanol–water partition coefficient (Wildman–Crippen LogP) is 1.83. The lowest BCUT2D eigenvalue weighted by Crippen LogP contribution is -2.27. The summed E-state index contributed by atoms with van der Waals surface area (Å²) in [5.74, 6) is -0.459. The summed E-state index contributed by atoms with van der Waals surface area (Å²) in [7, 11) is 1.57. The molecule has 2 N–H and O–H groups in total. The summed E-state index contributed by atoms with van der Waals surface area (Å²) in [4.78, 5) is 29.8. The number of nitrogens with zero attached hydrogens (tertiary/aromatic N) is 1. The van der Waals surface area contributed by atoms with Crippen LogP contribution in [-0.2, 0) is 16.0 Å². The van der Waals surface area contributed by atoms with Gasteiger partial charge in [0.15, 0.2) is 0 Å². The van der Waals surface area contributed by atoms with Gasteiger partial charge in [-0.25, -0.2) is 4.98 Å². The van der Waals surface area contributed by atoms with E-state index in [-0.39, 0.29) is 29.9 Å². The number of H-pyrrole nitrogens is 1. The number of rotatable bonds is 5. The van der Waals surface area contributed by atoms with Crippen LogP contribution in [0.15, 0.2) is 4.79 Å². The molecule has 1 aromatic rings. The molecule has 0 aliphatic carbocycles. The van der Waals surface area contributed by atoms with E-state index in [2.05, 4.69) is 9.97 Å². The van der Waals surface area contributed by atoms with Crippen LogP contribution >= 0.6 is 0 Å². The molecular formula is C14H22N2O4. The Morgan fingerprint density at radius 2 is 2.05 bits per heavy atom. The molecule has 0 aliphatic heterocycles. The van der Waals surface area contributed by atoms with Crippen molar-refractivity contribution in [3.8, 4) is 0 Å². The van der Waals surface area contributed by atoms with Crippen LogP contribution < -0.4 is 5.56 Å². The van der Waals surface area contributed by atoms with E-state index >= 15 is 0 Å². The first-order chi connectivity index (χ1) is 9.16. The van der Waals surface area contributed by atoms with Crippen molar-refractivity contribution in [3.05, 3.63) is 27.4 Å². The number of aromatic nitrogens is 2. The van der Waals surface area contributed by atoms with E-state index in [4.69, 9.17) is 9.84 Å². The minimum Gasteiger partial charge on any atom is -0.481 e. The van der Waals surface area contributed by atoms with Gasteiger partial charge >= 0.3 is 5.97 Å². The molecule has 0 spiro atoms. The third-order valence-electron chi connectivity index (χ3n) is 3.10. The number of aliphatic carboxylic acids is 1. The van der Waals surface area contributed by atoms with Crippen molar-refractivity contribution < 1.29 is 14.6 Å². The first-order valence-electron chi connectivity index (χ1n) is 6.51. The molecule has 0 saturated heterocycles. The number of nitrogens with one attached hydrogen (secondary N) is 1. The van der Waals surface area contributed by atoms with Crippen LogP contribution in [0, 0.1) is 12.3 Å². The van der Waals surface area contributed by atoms with Crippen LogP contribution in [0.4, 0.5) is 0 Å². The lowest BCUT2D eigenvalue weighted by atomic mass is 9.88. The Labute approximate surface area is 118 Å². The molecule has 1 rings (SSSR count). The lowest BCUT2D eigenvalue weighted by Gasteiger charge is -2.28. The van der Waals surface area contributed by atoms with Gasteiger partial charge in [0.05, 0.1) is 0 Å². The second-order valence-corrected chi connectivity index (χ2v) is 5.89. The second kappa shape index (κ2) is 6.17. The highest BCUT2D eigenvalue weighted by Crippen LogP contribution is 2.33. The smallest absolute Gasteiger partial charge is 0.303 e. The van der Waals surface area contributed by atoms with Gasteiger partial charge in [-0.2, -0.15) is 0 Å². The number of aryl methyl sites for hydroxylation is 1. The van der Waals surface area contributed by atoms with Crippen molar-refractivity contribution in [1.82, 2.24) is 9.97 Å². The van der Waals surface area contributed by atoms with E-state index in [0.29, 0.717) is 17.1 Å². The third-order valence-corrected chi connectivity index (χ3v) is 3.10. The summed E-state index contributed by atoms with van der Waals surface area (Å²) in [6.07, 6.45) is -0.239. The largest absolute Gasteiger partial charge is 0.481 e. The van der Waals surface area contributed by atoms with E-state index in [1.807, 2.05) is 20.8 Å². The monoisotopic (exact) mass is 282 g/mol. The average molecular weight is 282 g/mol. The van der Waals surface area contributed by atoms with Gasteiger partial charge in [-0.1, -0.05) is 20.8 Å². The van der Waals surface area contributed by atoms with E-state index in [9.17, 15) is 9.59 Å². The van der Waals surface area contributed by atoms with Crippen LogP contribution in [0.2, 0.25) is 0 Å². The van der Waals surface area contributed by atoms with Crippen LogP contribution in [0.3, 0.4) is 0 Å². The molecule has 1 aromatic heterocycles. The molecule has 0 amide bonds. The number of hydrogen-bond donors (Lipinski definition) is 2. The summed E-state index contributed by atoms with van der Waals surface area (Å²) < 4.78 is 5.42. The number of ether oxygens (including phenoxy) is 1. The van der Waals surface area contributed by atoms with Gasteiger partial charge in [0.2, 0.25) is 0 Å². The number of methoxy groups -OCH3 is 1. The van der Waals surface area contributed by atoms with E-state index in [1.54, 1.807) is 14.0 Å². The molecular weight excluding hydrogens is 260 g/mol. The van der Waals surface area contributed by atoms with E-state index < -0.39 is 5.97 Å². The Morgan fingerprint density at radius 3 is 2.45 bits per heavy atom. The summed E-state index contributed by atoms with van der Waals surface area (Å²) in [5, 5.41) is 8.69. The van der Waals surface area contributed by atoms with Crippen molar-refractivity contribution >= 4 is 5.97 Å². The highest BCUT2D eigenvalue weighted by molar-refractivity contribution is 5.67. The van der Waals surface area contributed by atoms with Crippen molar-refractivity contribution in [2.24, 2.45) is 5.41 Å². The first-order valence-corrected chi connectivity index (χ1v) is 6.51. The summed E-state index contributed by atoms with van der Waals surface area (Å²) >= 11 is 0. The molecule has 20 heavy (non-hydrogen) atoms. The fraction of sp³-hybridized carbons (Fsp3) is 0.643. The fourth-order valence-corrected chi connectivity index (χ4v) is 2.16. The Bertz CT molecular complexity index is 543. The Kier molecular flexibility index (Phi) is 5.05. The molecule has 0 radical (unpaired) electrons. The van der Waals surface area contributed by atoms with Gasteiger partial charge in [-0.15, -0.1) is 0 Å². The molecule has 6 nitrogen and oxygen atoms in total. The topological polar surface area (TPSA) is 92.3 Å². The zero-order valence-electron chi connectivity index (χ0n) is 12.6. The average Bonchev–Trinajstić information content (AvgIpc) is 2.26. The molecule has 0 fully saturated rings. The minimum absolute atomic E-state index is 0.0854. The SMILES string of the molecule is COC(c1nc(C)c(CCC(=O)O)c(=O)[nH]1)C(C)(C)C. The second-order valence-electron chi connectivity index (χ2n) is 5.89. The van der Waals surface area contributed by atoms with E-state index in [0.717, 1.165) is 0 Å². The van der Waals surface area contributed by atoms with Gasteiger partial charge in [0.25, 0.3) is 5.56 Å². The zero-order chi connectivity index (χ0) is 15.5. The summed E-state index contributed by atoms with van der Waals surface area (Å²) in [6, 6.07) is 0. The van der Waals surface area contributed by atoms with Crippen LogP contribution in [0.1, 0.15) is 50.4 Å². The number of carbonyl (C=O) groups is 1. The van der Waals surface area contributed by atoms with Crippen molar-refractivity contribution in [2.75, 3.05) is 7.11 Å². The Morgan fingerprint density at radius 1 is 1.45 bits per heavy atom. The fourth-order valence-electron chi connectivity index (χ4n) is 2.16. The standard InChI is InChI=1S/C14H22N2O4/c1-8-9(6-7-10(17)18)13(19)16-12(15-8)11(20-5)14(2,3)4/h11H,6-7H2,1-5H3,(H,17,18)(H,15,16,19). The van der Waals surface area contributed by atoms with Gasteiger partial charge in [-0.05, 0) is 18.8 Å². The Balaban J connectivity index is 3.16. The number of carboxylic acids is 1. The zero-order valence-corrected chi connectivity index (χ0v) is 12.6. The highest BCUT2D eigenvalue weighted by Gasteiger charge is 2.29. The Hall–Kier alpha value is -1.69. The highest BCUT2D eigenvalue weighted by atomic mass is 16.5. The molecule has 6 heteroatoms. The van der Waals surface area contributed by atoms with Crippen molar-refractivity contribution in [2.45, 2.75) is 46.6 Å². The van der Waals surface area contributed by atoms with Crippen molar-refractivity contribution in [1.29, 1.82) is 0 Å². The molecule has 0 saturated carbocycles. The summed E-state index contributed by atoms with van der Waals surface area (Å²) in [6.45, 7) is 7.70. The lowest BCUT2D eigenvalue weighted by molar-refractivity contribution is -0.136. The quantitative estimate of drug-likeness (QED) is 0.859. The number of hydrogen-bond acceptors (Lipinski definition) is 4.